The van der Waals surface area contributed by atoms with Crippen LogP contribution in [0.15, 0.2) is 279 Å². The predicted octanol–water partition coefficient (Wildman–Crippen LogP) is 28.5. The van der Waals surface area contributed by atoms with Crippen molar-refractivity contribution in [3.63, 3.8) is 0 Å². The van der Waals surface area contributed by atoms with Gasteiger partial charge in [0, 0.05) is 0 Å². The Morgan fingerprint density at radius 1 is 0.175 bits per heavy atom. The van der Waals surface area contributed by atoms with Crippen molar-refractivity contribution >= 4 is 0 Å². The highest BCUT2D eigenvalue weighted by Crippen LogP contribution is 2.39. The fourth-order valence-electron chi connectivity index (χ4n) is 9.84. The molecule has 97 heavy (non-hydrogen) atoms. The van der Waals surface area contributed by atoms with E-state index in [0.29, 0.717) is 11.1 Å². The van der Waals surface area contributed by atoms with E-state index in [1.54, 1.807) is 25.1 Å². The number of rotatable bonds is 4. The Bertz CT molecular complexity index is 3890. The fraction of sp³-hybridized carbons (Fsp3) is 0.234. The molecular formula is C94H109F3. The van der Waals surface area contributed by atoms with Crippen LogP contribution in [0.4, 0.5) is 13.2 Å². The Kier molecular flexibility index (Phi) is 36.6. The molecule has 0 aromatic heterocycles. The van der Waals surface area contributed by atoms with Crippen LogP contribution in [-0.2, 0) is 6.18 Å². The molecular weight excluding hydrogens is 1190 g/mol. The molecule has 0 N–H and O–H groups in total. The highest BCUT2D eigenvalue weighted by atomic mass is 19.4. The SMILES string of the molecule is CC.CC.Cc1ccc(-c2ccc(C)cc2)cc1.Cc1ccc(-c2ccc(C)cc2C(F)(F)F)c(C)c1.Cc1ccc(-c2cccc(C)c2)cc1.Cc1ccc(C)cc1.Cc1ccc(C)cc1.Cc1cccc(-c2cccc(C)c2)c1.Cc1cccc(C)c1.Cc1cccc(C)c1. The first kappa shape index (κ1) is 81.7. The van der Waals surface area contributed by atoms with E-state index < -0.39 is 11.7 Å². The summed E-state index contributed by atoms with van der Waals surface area (Å²) in [6.45, 7) is 42.9. The third-order valence-corrected chi connectivity index (χ3v) is 15.1. The summed E-state index contributed by atoms with van der Waals surface area (Å²) in [4.78, 5) is 0. The van der Waals surface area contributed by atoms with E-state index in [-0.39, 0.29) is 5.56 Å². The second-order valence-electron chi connectivity index (χ2n) is 24.7. The summed E-state index contributed by atoms with van der Waals surface area (Å²) in [6.07, 6.45) is -4.33. The summed E-state index contributed by atoms with van der Waals surface area (Å²) in [5, 5.41) is 0. The fourth-order valence-corrected chi connectivity index (χ4v) is 9.84. The number of halogens is 3. The van der Waals surface area contributed by atoms with Gasteiger partial charge in [-0.05, 0) is 174 Å². The van der Waals surface area contributed by atoms with Crippen LogP contribution < -0.4 is 0 Å². The van der Waals surface area contributed by atoms with Gasteiger partial charge in [-0.25, -0.2) is 0 Å². The topological polar surface area (TPSA) is 0 Å². The molecule has 0 spiro atoms. The first-order valence-corrected chi connectivity index (χ1v) is 34.0. The molecule has 0 aliphatic heterocycles. The van der Waals surface area contributed by atoms with Crippen molar-refractivity contribution in [1.82, 2.24) is 0 Å². The molecule has 3 heteroatoms. The third-order valence-electron chi connectivity index (χ3n) is 15.1. The quantitative estimate of drug-likeness (QED) is 0.165. The van der Waals surface area contributed by atoms with Crippen molar-refractivity contribution in [2.45, 2.75) is 152 Å². The molecule has 0 unspecified atom stereocenters. The summed E-state index contributed by atoms with van der Waals surface area (Å²) in [5.41, 5.74) is 29.1. The number of alkyl halides is 3. The lowest BCUT2D eigenvalue weighted by molar-refractivity contribution is -0.137. The van der Waals surface area contributed by atoms with E-state index in [4.69, 9.17) is 0 Å². The largest absolute Gasteiger partial charge is 0.417 e. The van der Waals surface area contributed by atoms with Crippen molar-refractivity contribution in [1.29, 1.82) is 0 Å². The maximum Gasteiger partial charge on any atom is 0.417 e. The monoisotopic (exact) mass is 1290 g/mol. The van der Waals surface area contributed by atoms with Gasteiger partial charge in [0.15, 0.2) is 0 Å². The molecule has 0 aliphatic rings. The van der Waals surface area contributed by atoms with Gasteiger partial charge in [0.25, 0.3) is 0 Å². The Labute approximate surface area is 585 Å². The number of hydrogen-bond donors (Lipinski definition) is 0. The van der Waals surface area contributed by atoms with E-state index in [1.807, 2.05) is 53.7 Å². The molecule has 12 aromatic carbocycles. The first-order chi connectivity index (χ1) is 46.2. The maximum absolute atomic E-state index is 13.1. The maximum atomic E-state index is 13.1. The molecule has 0 saturated heterocycles. The molecule has 0 heterocycles. The van der Waals surface area contributed by atoms with Crippen LogP contribution in [0.3, 0.4) is 0 Å². The Hall–Kier alpha value is -9.57. The van der Waals surface area contributed by atoms with Crippen molar-refractivity contribution in [3.05, 3.63) is 379 Å². The van der Waals surface area contributed by atoms with Gasteiger partial charge >= 0.3 is 6.18 Å². The van der Waals surface area contributed by atoms with Crippen molar-refractivity contribution in [2.75, 3.05) is 0 Å². The Morgan fingerprint density at radius 2 is 0.371 bits per heavy atom. The summed E-state index contributed by atoms with van der Waals surface area (Å²) in [5.74, 6) is 0. The van der Waals surface area contributed by atoms with Gasteiger partial charge in [-0.1, -0.05) is 390 Å². The van der Waals surface area contributed by atoms with Gasteiger partial charge in [0.2, 0.25) is 0 Å². The van der Waals surface area contributed by atoms with E-state index in [9.17, 15) is 13.2 Å². The van der Waals surface area contributed by atoms with Crippen LogP contribution >= 0.6 is 0 Å². The van der Waals surface area contributed by atoms with Crippen LogP contribution in [0, 0.1) is 118 Å². The van der Waals surface area contributed by atoms with E-state index in [2.05, 4.69) is 340 Å². The third kappa shape index (κ3) is 32.2. The molecule has 0 nitrogen and oxygen atoms in total. The lowest BCUT2D eigenvalue weighted by atomic mass is 9.93. The summed E-state index contributed by atoms with van der Waals surface area (Å²) in [7, 11) is 0. The molecule has 0 aliphatic carbocycles. The summed E-state index contributed by atoms with van der Waals surface area (Å²) >= 11 is 0. The minimum absolute atomic E-state index is 0.246. The van der Waals surface area contributed by atoms with E-state index in [1.165, 1.54) is 117 Å². The van der Waals surface area contributed by atoms with E-state index in [0.717, 1.165) is 11.1 Å². The molecule has 0 fully saturated rings. The highest BCUT2D eigenvalue weighted by Gasteiger charge is 2.34. The molecule has 0 radical (unpaired) electrons. The zero-order chi connectivity index (χ0) is 72.0. The average Bonchev–Trinajstić information content (AvgIpc) is 0.795. The molecule has 0 amide bonds. The summed E-state index contributed by atoms with van der Waals surface area (Å²) < 4.78 is 39.4. The summed E-state index contributed by atoms with van der Waals surface area (Å²) in [6, 6.07) is 95.5. The minimum atomic E-state index is -4.33. The van der Waals surface area contributed by atoms with Gasteiger partial charge in [-0.3, -0.25) is 0 Å². The molecule has 0 atom stereocenters. The van der Waals surface area contributed by atoms with Gasteiger partial charge < -0.3 is 0 Å². The highest BCUT2D eigenvalue weighted by molar-refractivity contribution is 5.72. The number of hydrogen-bond acceptors (Lipinski definition) is 0. The smallest absolute Gasteiger partial charge is 0.166 e. The zero-order valence-electron chi connectivity index (χ0n) is 62.2. The minimum Gasteiger partial charge on any atom is -0.166 e. The van der Waals surface area contributed by atoms with Crippen LogP contribution in [0.25, 0.3) is 44.5 Å². The van der Waals surface area contributed by atoms with Gasteiger partial charge in [0.1, 0.15) is 0 Å². The predicted molar refractivity (Wildman–Crippen MR) is 422 cm³/mol. The first-order valence-electron chi connectivity index (χ1n) is 34.0. The van der Waals surface area contributed by atoms with Gasteiger partial charge in [0.05, 0.1) is 5.56 Å². The Morgan fingerprint density at radius 3 is 0.608 bits per heavy atom. The van der Waals surface area contributed by atoms with Crippen molar-refractivity contribution in [3.8, 4) is 44.5 Å². The molecule has 506 valence electrons. The van der Waals surface area contributed by atoms with Crippen molar-refractivity contribution < 1.29 is 13.2 Å². The lowest BCUT2D eigenvalue weighted by Gasteiger charge is -2.16. The second-order valence-corrected chi connectivity index (χ2v) is 24.7. The standard InChI is InChI=1S/C16H15F3.3C14H14.4C8H10.2C2H6/c1-10-4-6-13(12(3)8-10)14-7-5-11(2)9-15(14)16(17,18)19;1-11-3-7-13(8-4-11)14-9-5-12(2)6-10-14;1-11-5-3-7-13(9-11)14-8-4-6-12(2)10-14;1-11-6-8-13(9-7-11)14-5-3-4-12(2)10-14;2*1-7-3-5-8(2)6-4-7;2*1-7-4-3-5-8(2)6-7;2*1-2/h4-9H,1-3H3;3*3-10H,1-2H3;4*3-6H,1-2H3;2*1-2H3. The van der Waals surface area contributed by atoms with E-state index >= 15 is 0 Å². The second kappa shape index (κ2) is 43.5. The van der Waals surface area contributed by atoms with Crippen LogP contribution in [0.2, 0.25) is 0 Å². The molecule has 0 bridgehead atoms. The van der Waals surface area contributed by atoms with Crippen LogP contribution in [0.1, 0.15) is 128 Å². The normalized spacial score (nSPS) is 9.86. The van der Waals surface area contributed by atoms with Crippen LogP contribution in [-0.4, -0.2) is 0 Å². The average molecular weight is 1300 g/mol. The molecule has 0 saturated carbocycles. The number of aryl methyl sites for hydroxylation is 17. The van der Waals surface area contributed by atoms with Crippen molar-refractivity contribution in [2.24, 2.45) is 0 Å². The van der Waals surface area contributed by atoms with Gasteiger partial charge in [-0.2, -0.15) is 13.2 Å². The van der Waals surface area contributed by atoms with Gasteiger partial charge in [-0.15, -0.1) is 0 Å². The molecule has 12 aromatic rings. The molecule has 12 rings (SSSR count). The zero-order valence-corrected chi connectivity index (χ0v) is 62.2. The lowest BCUT2D eigenvalue weighted by Crippen LogP contribution is -2.08. The number of benzene rings is 12. The van der Waals surface area contributed by atoms with Crippen LogP contribution in [0.5, 0.6) is 0 Å². The Balaban J connectivity index is 0.000000292.